The maximum atomic E-state index is 11.8. The van der Waals surface area contributed by atoms with Gasteiger partial charge in [0, 0.05) is 32.7 Å². The summed E-state index contributed by atoms with van der Waals surface area (Å²) in [6, 6.07) is 2.24. The van der Waals surface area contributed by atoms with E-state index in [2.05, 4.69) is 21.2 Å². The standard InChI is InChI=1S/C13H24N4O/c1-5-15-12(18)11(2)16-6-8-17(9-7-16)13(3,4)10-14/h11H,5-9H2,1-4H3,(H,15,18). The lowest BCUT2D eigenvalue weighted by Crippen LogP contribution is -2.58. The van der Waals surface area contributed by atoms with Crippen LogP contribution in [0.25, 0.3) is 0 Å². The molecule has 1 fully saturated rings. The molecule has 1 saturated heterocycles. The first-order valence-electron chi connectivity index (χ1n) is 6.60. The van der Waals surface area contributed by atoms with Gasteiger partial charge in [-0.05, 0) is 27.7 Å². The highest BCUT2D eigenvalue weighted by molar-refractivity contribution is 5.81. The number of carbonyl (C=O) groups is 1. The highest BCUT2D eigenvalue weighted by atomic mass is 16.2. The first-order valence-corrected chi connectivity index (χ1v) is 6.60. The van der Waals surface area contributed by atoms with E-state index in [-0.39, 0.29) is 11.9 Å². The molecule has 5 nitrogen and oxygen atoms in total. The molecular formula is C13H24N4O. The van der Waals surface area contributed by atoms with Gasteiger partial charge in [-0.15, -0.1) is 0 Å². The number of rotatable bonds is 4. The minimum Gasteiger partial charge on any atom is -0.355 e. The number of nitrogens with one attached hydrogen (secondary N) is 1. The average Bonchev–Trinajstić information content (AvgIpc) is 2.38. The van der Waals surface area contributed by atoms with E-state index >= 15 is 0 Å². The highest BCUT2D eigenvalue weighted by Crippen LogP contribution is 2.16. The molecule has 1 N–H and O–H groups in total. The van der Waals surface area contributed by atoms with E-state index < -0.39 is 5.54 Å². The second-order valence-corrected chi connectivity index (χ2v) is 5.26. The zero-order valence-corrected chi connectivity index (χ0v) is 11.9. The Labute approximate surface area is 110 Å². The third kappa shape index (κ3) is 3.44. The lowest BCUT2D eigenvalue weighted by molar-refractivity contribution is -0.126. The van der Waals surface area contributed by atoms with Crippen LogP contribution in [-0.4, -0.2) is 60.0 Å². The predicted molar refractivity (Wildman–Crippen MR) is 71.0 cm³/mol. The third-order valence-electron chi connectivity index (χ3n) is 3.66. The molecule has 0 bridgehead atoms. The van der Waals surface area contributed by atoms with Crippen LogP contribution in [0.5, 0.6) is 0 Å². The topological polar surface area (TPSA) is 59.4 Å². The van der Waals surface area contributed by atoms with E-state index in [9.17, 15) is 4.79 Å². The molecule has 1 aliphatic rings. The Hall–Kier alpha value is -1.12. The number of carbonyl (C=O) groups excluding carboxylic acids is 1. The summed E-state index contributed by atoms with van der Waals surface area (Å²) in [5, 5.41) is 12.0. The summed E-state index contributed by atoms with van der Waals surface area (Å²) in [5.41, 5.74) is -0.416. The van der Waals surface area contributed by atoms with Crippen molar-refractivity contribution in [3.05, 3.63) is 0 Å². The molecule has 0 aliphatic carbocycles. The minimum absolute atomic E-state index is 0.0858. The molecule has 5 heteroatoms. The summed E-state index contributed by atoms with van der Waals surface area (Å²) < 4.78 is 0. The Kier molecular flexibility index (Phi) is 5.12. The molecule has 0 saturated carbocycles. The van der Waals surface area contributed by atoms with Gasteiger partial charge in [0.15, 0.2) is 0 Å². The summed E-state index contributed by atoms with van der Waals surface area (Å²) in [6.45, 7) is 11.8. The highest BCUT2D eigenvalue weighted by Gasteiger charge is 2.32. The van der Waals surface area contributed by atoms with Gasteiger partial charge < -0.3 is 5.32 Å². The van der Waals surface area contributed by atoms with Crippen molar-refractivity contribution in [3.8, 4) is 6.07 Å². The van der Waals surface area contributed by atoms with Crippen LogP contribution >= 0.6 is 0 Å². The van der Waals surface area contributed by atoms with E-state index in [1.54, 1.807) is 0 Å². The van der Waals surface area contributed by atoms with Gasteiger partial charge in [-0.2, -0.15) is 5.26 Å². The van der Waals surface area contributed by atoms with Crippen LogP contribution in [0.2, 0.25) is 0 Å². The van der Waals surface area contributed by atoms with Gasteiger partial charge in [0.05, 0.1) is 12.1 Å². The van der Waals surface area contributed by atoms with E-state index in [0.29, 0.717) is 6.54 Å². The summed E-state index contributed by atoms with van der Waals surface area (Å²) in [6.07, 6.45) is 0. The lowest BCUT2D eigenvalue weighted by Gasteiger charge is -2.42. The fourth-order valence-electron chi connectivity index (χ4n) is 2.23. The summed E-state index contributed by atoms with van der Waals surface area (Å²) in [5.74, 6) is 0.0884. The molecule has 0 aromatic carbocycles. The summed E-state index contributed by atoms with van der Waals surface area (Å²) in [4.78, 5) is 16.1. The average molecular weight is 252 g/mol. The fraction of sp³-hybridized carbons (Fsp3) is 0.846. The Morgan fingerprint density at radius 2 is 1.94 bits per heavy atom. The van der Waals surface area contributed by atoms with Crippen LogP contribution in [-0.2, 0) is 4.79 Å². The SMILES string of the molecule is CCNC(=O)C(C)N1CCN(C(C)(C)C#N)CC1. The Bertz CT molecular complexity index is 326. The summed E-state index contributed by atoms with van der Waals surface area (Å²) in [7, 11) is 0. The lowest BCUT2D eigenvalue weighted by atomic mass is 10.0. The molecule has 1 atom stereocenters. The van der Waals surface area contributed by atoms with Gasteiger partial charge in [0.25, 0.3) is 0 Å². The van der Waals surface area contributed by atoms with Gasteiger partial charge in [-0.1, -0.05) is 0 Å². The smallest absolute Gasteiger partial charge is 0.237 e. The molecule has 0 radical (unpaired) electrons. The zero-order valence-electron chi connectivity index (χ0n) is 11.9. The monoisotopic (exact) mass is 252 g/mol. The molecule has 0 aromatic rings. The maximum Gasteiger partial charge on any atom is 0.237 e. The van der Waals surface area contributed by atoms with E-state index in [1.165, 1.54) is 0 Å². The van der Waals surface area contributed by atoms with Crippen LogP contribution in [0.15, 0.2) is 0 Å². The molecule has 1 amide bonds. The minimum atomic E-state index is -0.416. The van der Waals surface area contributed by atoms with Crippen LogP contribution in [0.1, 0.15) is 27.7 Å². The molecule has 1 unspecified atom stereocenters. The second kappa shape index (κ2) is 6.17. The van der Waals surface area contributed by atoms with E-state index in [0.717, 1.165) is 26.2 Å². The second-order valence-electron chi connectivity index (χ2n) is 5.26. The molecule has 102 valence electrons. The van der Waals surface area contributed by atoms with Gasteiger partial charge in [-0.25, -0.2) is 0 Å². The number of hydrogen-bond acceptors (Lipinski definition) is 4. The number of likely N-dealkylation sites (N-methyl/N-ethyl adjacent to an activating group) is 1. The maximum absolute atomic E-state index is 11.8. The number of nitrogens with zero attached hydrogens (tertiary/aromatic N) is 3. The van der Waals surface area contributed by atoms with Crippen molar-refractivity contribution in [2.24, 2.45) is 0 Å². The molecule has 18 heavy (non-hydrogen) atoms. The van der Waals surface area contributed by atoms with Crippen molar-refractivity contribution < 1.29 is 4.79 Å². The molecule has 1 aliphatic heterocycles. The first-order chi connectivity index (χ1) is 8.42. The van der Waals surface area contributed by atoms with Crippen molar-refractivity contribution >= 4 is 5.91 Å². The van der Waals surface area contributed by atoms with Crippen molar-refractivity contribution in [3.63, 3.8) is 0 Å². The summed E-state index contributed by atoms with van der Waals surface area (Å²) >= 11 is 0. The molecule has 1 heterocycles. The molecule has 0 aromatic heterocycles. The molecular weight excluding hydrogens is 228 g/mol. The van der Waals surface area contributed by atoms with E-state index in [4.69, 9.17) is 5.26 Å². The number of nitriles is 1. The number of hydrogen-bond donors (Lipinski definition) is 1. The number of amides is 1. The van der Waals surface area contributed by atoms with Crippen molar-refractivity contribution in [2.45, 2.75) is 39.3 Å². The van der Waals surface area contributed by atoms with Crippen LogP contribution in [0.3, 0.4) is 0 Å². The van der Waals surface area contributed by atoms with Crippen molar-refractivity contribution in [1.82, 2.24) is 15.1 Å². The Morgan fingerprint density at radius 3 is 2.39 bits per heavy atom. The van der Waals surface area contributed by atoms with Gasteiger partial charge in [-0.3, -0.25) is 14.6 Å². The third-order valence-corrected chi connectivity index (χ3v) is 3.66. The van der Waals surface area contributed by atoms with Crippen LogP contribution in [0, 0.1) is 11.3 Å². The van der Waals surface area contributed by atoms with Crippen molar-refractivity contribution in [2.75, 3.05) is 32.7 Å². The largest absolute Gasteiger partial charge is 0.355 e. The zero-order chi connectivity index (χ0) is 13.8. The van der Waals surface area contributed by atoms with Gasteiger partial charge >= 0.3 is 0 Å². The Balaban J connectivity index is 2.49. The normalized spacial score (nSPS) is 20.2. The first kappa shape index (κ1) is 14.9. The van der Waals surface area contributed by atoms with E-state index in [1.807, 2.05) is 27.7 Å². The van der Waals surface area contributed by atoms with Crippen molar-refractivity contribution in [1.29, 1.82) is 5.26 Å². The fourth-order valence-corrected chi connectivity index (χ4v) is 2.23. The molecule has 1 rings (SSSR count). The quantitative estimate of drug-likeness (QED) is 0.788. The Morgan fingerprint density at radius 1 is 1.39 bits per heavy atom. The van der Waals surface area contributed by atoms with Gasteiger partial charge in [0.1, 0.15) is 5.54 Å². The van der Waals surface area contributed by atoms with Crippen LogP contribution in [0.4, 0.5) is 0 Å². The number of piperazine rings is 1. The van der Waals surface area contributed by atoms with Crippen LogP contribution < -0.4 is 5.32 Å². The predicted octanol–water partition coefficient (Wildman–Crippen LogP) is 0.431. The molecule has 0 spiro atoms. The van der Waals surface area contributed by atoms with Gasteiger partial charge in [0.2, 0.25) is 5.91 Å².